The molecule has 0 atom stereocenters. The molecule has 4 rings (SSSR count). The number of nitrogens with zero attached hydrogens (tertiary/aromatic N) is 2. The van der Waals surface area contributed by atoms with E-state index in [-0.39, 0.29) is 17.4 Å². The summed E-state index contributed by atoms with van der Waals surface area (Å²) < 4.78 is 6.56. The van der Waals surface area contributed by atoms with Gasteiger partial charge in [-0.3, -0.25) is 9.59 Å². The highest BCUT2D eigenvalue weighted by Gasteiger charge is 2.38. The Kier molecular flexibility index (Phi) is 6.56. The largest absolute Gasteiger partial charge is 0.482 e. The first-order valence-electron chi connectivity index (χ1n) is 11.8. The summed E-state index contributed by atoms with van der Waals surface area (Å²) in [4.78, 5) is 29.2. The molecular formula is C27H33N3O3. The van der Waals surface area contributed by atoms with Crippen molar-refractivity contribution in [3.05, 3.63) is 70.8 Å². The predicted molar refractivity (Wildman–Crippen MR) is 131 cm³/mol. The average Bonchev–Trinajstić information content (AvgIpc) is 2.85. The lowest BCUT2D eigenvalue weighted by Crippen LogP contribution is -2.46. The maximum Gasteiger partial charge on any atom is 0.253 e. The van der Waals surface area contributed by atoms with E-state index in [1.807, 2.05) is 61.2 Å². The van der Waals surface area contributed by atoms with Crippen LogP contribution in [0.5, 0.6) is 5.75 Å². The summed E-state index contributed by atoms with van der Waals surface area (Å²) in [6, 6.07) is 13.4. The van der Waals surface area contributed by atoms with Gasteiger partial charge in [0.1, 0.15) is 11.4 Å². The quantitative estimate of drug-likeness (QED) is 0.757. The van der Waals surface area contributed by atoms with Crippen molar-refractivity contribution in [2.24, 2.45) is 0 Å². The van der Waals surface area contributed by atoms with E-state index in [0.717, 1.165) is 48.4 Å². The van der Waals surface area contributed by atoms with Crippen LogP contribution in [0.15, 0.2) is 48.5 Å². The van der Waals surface area contributed by atoms with Crippen molar-refractivity contribution in [3.8, 4) is 5.75 Å². The maximum atomic E-state index is 12.8. The van der Waals surface area contributed by atoms with Gasteiger partial charge in [-0.05, 0) is 68.4 Å². The van der Waals surface area contributed by atoms with Crippen molar-refractivity contribution in [3.63, 3.8) is 0 Å². The highest BCUT2D eigenvalue weighted by Crippen LogP contribution is 2.43. The number of rotatable bonds is 5. The molecule has 2 aliphatic heterocycles. The zero-order valence-corrected chi connectivity index (χ0v) is 20.0. The van der Waals surface area contributed by atoms with E-state index in [0.29, 0.717) is 24.2 Å². The molecule has 2 aromatic carbocycles. The number of fused-ring (bicyclic) bond motifs is 1. The fourth-order valence-electron chi connectivity index (χ4n) is 4.67. The minimum absolute atomic E-state index is 0.0431. The van der Waals surface area contributed by atoms with Crippen LogP contribution in [0.3, 0.4) is 0 Å². The smallest absolute Gasteiger partial charge is 0.253 e. The molecule has 0 radical (unpaired) electrons. The molecule has 2 heterocycles. The number of piperidine rings is 1. The number of hydrogen-bond acceptors (Lipinski definition) is 4. The van der Waals surface area contributed by atoms with Crippen LogP contribution in [-0.4, -0.2) is 67.5 Å². The van der Waals surface area contributed by atoms with Crippen LogP contribution in [0.1, 0.15) is 58.5 Å². The summed E-state index contributed by atoms with van der Waals surface area (Å²) in [5, 5.41) is 2.70. The number of carbonyl (C=O) groups is 2. The van der Waals surface area contributed by atoms with Crippen LogP contribution < -0.4 is 10.1 Å². The molecular weight excluding hydrogens is 414 g/mol. The Balaban J connectivity index is 1.76. The molecule has 2 aromatic rings. The van der Waals surface area contributed by atoms with Crippen molar-refractivity contribution in [1.82, 2.24) is 15.1 Å². The van der Waals surface area contributed by atoms with Gasteiger partial charge in [-0.2, -0.15) is 0 Å². The summed E-state index contributed by atoms with van der Waals surface area (Å²) >= 11 is 0. The summed E-state index contributed by atoms with van der Waals surface area (Å²) in [6.07, 6.45) is 4.04. The highest BCUT2D eigenvalue weighted by molar-refractivity contribution is 5.97. The Labute approximate surface area is 196 Å². The van der Waals surface area contributed by atoms with Gasteiger partial charge in [0.05, 0.1) is 0 Å². The van der Waals surface area contributed by atoms with Gasteiger partial charge < -0.3 is 19.9 Å². The van der Waals surface area contributed by atoms with Crippen molar-refractivity contribution in [2.75, 3.05) is 40.3 Å². The number of nitrogens with one attached hydrogen (secondary N) is 1. The number of likely N-dealkylation sites (tertiary alicyclic amines) is 1. The van der Waals surface area contributed by atoms with Gasteiger partial charge in [-0.25, -0.2) is 0 Å². The molecule has 1 saturated heterocycles. The van der Waals surface area contributed by atoms with Gasteiger partial charge >= 0.3 is 0 Å². The van der Waals surface area contributed by atoms with Gasteiger partial charge in [-0.1, -0.05) is 12.1 Å². The molecule has 0 unspecified atom stereocenters. The third-order valence-electron chi connectivity index (χ3n) is 6.81. The van der Waals surface area contributed by atoms with Gasteiger partial charge in [0, 0.05) is 62.8 Å². The SMILES string of the molecule is CCN(CC)C(=O)c1ccc(C2=CC3(CCN(C)CC3)Oc3ccc(C(=O)NC)cc32)cc1. The molecule has 1 spiro atoms. The van der Waals surface area contributed by atoms with Gasteiger partial charge in [-0.15, -0.1) is 0 Å². The van der Waals surface area contributed by atoms with E-state index in [1.54, 1.807) is 7.05 Å². The zero-order chi connectivity index (χ0) is 23.6. The molecule has 0 aliphatic carbocycles. The second-order valence-electron chi connectivity index (χ2n) is 8.87. The molecule has 6 nitrogen and oxygen atoms in total. The number of ether oxygens (including phenoxy) is 1. The number of amides is 2. The standard InChI is InChI=1S/C27H33N3O3/c1-5-30(6-2)26(32)20-9-7-19(8-10-20)23-18-27(13-15-29(4)16-14-27)33-24-12-11-21(17-22(23)24)25(31)28-3/h7-12,17-18H,5-6,13-16H2,1-4H3,(H,28,31). The second-order valence-corrected chi connectivity index (χ2v) is 8.87. The summed E-state index contributed by atoms with van der Waals surface area (Å²) in [5.41, 5.74) is 3.89. The topological polar surface area (TPSA) is 61.9 Å². The van der Waals surface area contributed by atoms with E-state index in [1.165, 1.54) is 0 Å². The molecule has 0 bridgehead atoms. The molecule has 1 N–H and O–H groups in total. The number of hydrogen-bond donors (Lipinski definition) is 1. The van der Waals surface area contributed by atoms with Crippen molar-refractivity contribution in [2.45, 2.75) is 32.3 Å². The first kappa shape index (κ1) is 23.1. The third kappa shape index (κ3) is 4.53. The Bertz CT molecular complexity index is 1060. The van der Waals surface area contributed by atoms with E-state index in [2.05, 4.69) is 23.3 Å². The fraction of sp³-hybridized carbons (Fsp3) is 0.407. The molecule has 2 aliphatic rings. The average molecular weight is 448 g/mol. The molecule has 6 heteroatoms. The Hall–Kier alpha value is -3.12. The van der Waals surface area contributed by atoms with Crippen LogP contribution in [0.2, 0.25) is 0 Å². The van der Waals surface area contributed by atoms with E-state index < -0.39 is 0 Å². The Morgan fingerprint density at radius 1 is 1.03 bits per heavy atom. The van der Waals surface area contributed by atoms with E-state index in [4.69, 9.17) is 4.74 Å². The fourth-order valence-corrected chi connectivity index (χ4v) is 4.67. The zero-order valence-electron chi connectivity index (χ0n) is 20.0. The van der Waals surface area contributed by atoms with Crippen LogP contribution >= 0.6 is 0 Å². The second kappa shape index (κ2) is 9.40. The predicted octanol–water partition coefficient (Wildman–Crippen LogP) is 3.82. The minimum atomic E-state index is -0.362. The van der Waals surface area contributed by atoms with Crippen molar-refractivity contribution >= 4 is 17.4 Å². The van der Waals surface area contributed by atoms with Crippen LogP contribution in [0, 0.1) is 0 Å². The molecule has 2 amide bonds. The number of benzene rings is 2. The van der Waals surface area contributed by atoms with E-state index >= 15 is 0 Å². The maximum absolute atomic E-state index is 12.8. The molecule has 0 saturated carbocycles. The molecule has 33 heavy (non-hydrogen) atoms. The highest BCUT2D eigenvalue weighted by atomic mass is 16.5. The van der Waals surface area contributed by atoms with Crippen LogP contribution in [0.4, 0.5) is 0 Å². The van der Waals surface area contributed by atoms with E-state index in [9.17, 15) is 9.59 Å². The van der Waals surface area contributed by atoms with Crippen LogP contribution in [-0.2, 0) is 0 Å². The van der Waals surface area contributed by atoms with Gasteiger partial charge in [0.25, 0.3) is 11.8 Å². The molecule has 0 aromatic heterocycles. The molecule has 174 valence electrons. The molecule has 1 fully saturated rings. The summed E-state index contributed by atoms with van der Waals surface area (Å²) in [6.45, 7) is 7.28. The summed E-state index contributed by atoms with van der Waals surface area (Å²) in [5.74, 6) is 0.714. The lowest BCUT2D eigenvalue weighted by atomic mass is 9.82. The van der Waals surface area contributed by atoms with Crippen LogP contribution in [0.25, 0.3) is 5.57 Å². The van der Waals surface area contributed by atoms with Gasteiger partial charge in [0.2, 0.25) is 0 Å². The lowest BCUT2D eigenvalue weighted by Gasteiger charge is -2.42. The van der Waals surface area contributed by atoms with Crippen molar-refractivity contribution in [1.29, 1.82) is 0 Å². The first-order chi connectivity index (χ1) is 15.9. The van der Waals surface area contributed by atoms with Gasteiger partial charge in [0.15, 0.2) is 0 Å². The Morgan fingerprint density at radius 3 is 2.27 bits per heavy atom. The summed E-state index contributed by atoms with van der Waals surface area (Å²) in [7, 11) is 3.77. The number of carbonyl (C=O) groups excluding carboxylic acids is 2. The normalized spacial score (nSPS) is 17.0. The lowest BCUT2D eigenvalue weighted by molar-refractivity contribution is 0.0468. The first-order valence-corrected chi connectivity index (χ1v) is 11.8. The Morgan fingerprint density at radius 2 is 1.67 bits per heavy atom. The monoisotopic (exact) mass is 447 g/mol. The van der Waals surface area contributed by atoms with Crippen molar-refractivity contribution < 1.29 is 14.3 Å². The minimum Gasteiger partial charge on any atom is -0.482 e. The third-order valence-corrected chi connectivity index (χ3v) is 6.81.